The van der Waals surface area contributed by atoms with Crippen LogP contribution in [-0.2, 0) is 9.53 Å². The van der Waals surface area contributed by atoms with Gasteiger partial charge in [0.1, 0.15) is 5.60 Å². The largest absolute Gasteiger partial charge is 0.459 e. The molecule has 1 aromatic carbocycles. The molecule has 1 rings (SSSR count). The Morgan fingerprint density at radius 3 is 2.61 bits per heavy atom. The Kier molecular flexibility index (Phi) is 4.91. The lowest BCUT2D eigenvalue weighted by atomic mass is 10.1. The van der Waals surface area contributed by atoms with Crippen molar-refractivity contribution in [2.24, 2.45) is 0 Å². The van der Waals surface area contributed by atoms with Gasteiger partial charge in [0, 0.05) is 6.04 Å². The van der Waals surface area contributed by atoms with Gasteiger partial charge in [-0.15, -0.1) is 0 Å². The highest BCUT2D eigenvalue weighted by Gasteiger charge is 2.16. The van der Waals surface area contributed by atoms with Crippen LogP contribution in [0.2, 0.25) is 0 Å². The Labute approximate surface area is 110 Å². The number of hydrogen-bond donors (Lipinski definition) is 1. The fourth-order valence-corrected chi connectivity index (χ4v) is 1.67. The van der Waals surface area contributed by atoms with Crippen LogP contribution >= 0.6 is 0 Å². The van der Waals surface area contributed by atoms with Crippen molar-refractivity contribution in [2.45, 2.75) is 46.3 Å². The van der Waals surface area contributed by atoms with Crippen molar-refractivity contribution in [1.82, 2.24) is 5.32 Å². The van der Waals surface area contributed by atoms with Crippen LogP contribution in [0.25, 0.3) is 0 Å². The number of nitrogens with one attached hydrogen (secondary N) is 1. The number of hydrogen-bond acceptors (Lipinski definition) is 3. The quantitative estimate of drug-likeness (QED) is 0.834. The minimum absolute atomic E-state index is 0.136. The van der Waals surface area contributed by atoms with Crippen molar-refractivity contribution in [3.05, 3.63) is 35.4 Å². The molecule has 0 radical (unpaired) electrons. The number of ether oxygens (including phenoxy) is 1. The standard InChI is InChI=1S/C15H23NO2/c1-11-7-6-8-13(9-11)12(2)16-10-14(17)18-15(3,4)5/h6-9,12,16H,10H2,1-5H3/t12-/m0/s1. The van der Waals surface area contributed by atoms with E-state index in [1.165, 1.54) is 11.1 Å². The zero-order chi connectivity index (χ0) is 13.8. The highest BCUT2D eigenvalue weighted by atomic mass is 16.6. The molecule has 0 saturated heterocycles. The zero-order valence-corrected chi connectivity index (χ0v) is 11.9. The molecular weight excluding hydrogens is 226 g/mol. The molecule has 1 aromatic rings. The molecule has 0 aliphatic heterocycles. The van der Waals surface area contributed by atoms with E-state index >= 15 is 0 Å². The van der Waals surface area contributed by atoms with Gasteiger partial charge in [0.05, 0.1) is 6.54 Å². The summed E-state index contributed by atoms with van der Waals surface area (Å²) in [7, 11) is 0. The minimum atomic E-state index is -0.425. The van der Waals surface area contributed by atoms with Crippen molar-refractivity contribution in [2.75, 3.05) is 6.54 Å². The maximum Gasteiger partial charge on any atom is 0.320 e. The van der Waals surface area contributed by atoms with Gasteiger partial charge in [-0.3, -0.25) is 4.79 Å². The third kappa shape index (κ3) is 5.32. The average Bonchev–Trinajstić information content (AvgIpc) is 2.23. The fourth-order valence-electron chi connectivity index (χ4n) is 1.67. The van der Waals surface area contributed by atoms with E-state index in [4.69, 9.17) is 4.74 Å². The van der Waals surface area contributed by atoms with Crippen molar-refractivity contribution in [3.63, 3.8) is 0 Å². The van der Waals surface area contributed by atoms with Gasteiger partial charge in [-0.05, 0) is 40.2 Å². The van der Waals surface area contributed by atoms with Crippen LogP contribution in [0.15, 0.2) is 24.3 Å². The van der Waals surface area contributed by atoms with Crippen molar-refractivity contribution >= 4 is 5.97 Å². The number of rotatable bonds is 4. The molecule has 0 aromatic heterocycles. The summed E-state index contributed by atoms with van der Waals surface area (Å²) in [6.07, 6.45) is 0. The molecule has 3 nitrogen and oxygen atoms in total. The summed E-state index contributed by atoms with van der Waals surface area (Å²) in [4.78, 5) is 11.6. The summed E-state index contributed by atoms with van der Waals surface area (Å²) >= 11 is 0. The van der Waals surface area contributed by atoms with Gasteiger partial charge in [0.25, 0.3) is 0 Å². The predicted octanol–water partition coefficient (Wildman–Crippen LogP) is 2.99. The molecule has 0 heterocycles. The number of esters is 1. The second-order valence-corrected chi connectivity index (χ2v) is 5.60. The van der Waals surface area contributed by atoms with Crippen LogP contribution in [-0.4, -0.2) is 18.1 Å². The van der Waals surface area contributed by atoms with E-state index in [0.717, 1.165) is 0 Å². The highest BCUT2D eigenvalue weighted by Crippen LogP contribution is 2.13. The molecule has 0 fully saturated rings. The predicted molar refractivity (Wildman–Crippen MR) is 73.4 cm³/mol. The van der Waals surface area contributed by atoms with Crippen LogP contribution in [0, 0.1) is 6.92 Å². The lowest BCUT2D eigenvalue weighted by Gasteiger charge is -2.21. The van der Waals surface area contributed by atoms with E-state index in [0.29, 0.717) is 0 Å². The topological polar surface area (TPSA) is 38.3 Å². The van der Waals surface area contributed by atoms with E-state index in [-0.39, 0.29) is 18.6 Å². The van der Waals surface area contributed by atoms with Crippen LogP contribution in [0.4, 0.5) is 0 Å². The Balaban J connectivity index is 2.46. The van der Waals surface area contributed by atoms with Gasteiger partial charge >= 0.3 is 5.97 Å². The van der Waals surface area contributed by atoms with Gasteiger partial charge < -0.3 is 10.1 Å². The van der Waals surface area contributed by atoms with Crippen LogP contribution in [0.1, 0.15) is 44.9 Å². The smallest absolute Gasteiger partial charge is 0.320 e. The molecule has 0 unspecified atom stereocenters. The third-order valence-electron chi connectivity index (χ3n) is 2.51. The summed E-state index contributed by atoms with van der Waals surface area (Å²) in [5.41, 5.74) is 1.97. The molecule has 0 amide bonds. The van der Waals surface area contributed by atoms with Crippen molar-refractivity contribution in [3.8, 4) is 0 Å². The normalized spacial score (nSPS) is 13.2. The Morgan fingerprint density at radius 1 is 1.39 bits per heavy atom. The molecule has 0 aliphatic carbocycles. The monoisotopic (exact) mass is 249 g/mol. The highest BCUT2D eigenvalue weighted by molar-refractivity contribution is 5.72. The van der Waals surface area contributed by atoms with E-state index in [1.807, 2.05) is 33.8 Å². The van der Waals surface area contributed by atoms with E-state index < -0.39 is 5.60 Å². The van der Waals surface area contributed by atoms with Crippen molar-refractivity contribution < 1.29 is 9.53 Å². The van der Waals surface area contributed by atoms with E-state index in [9.17, 15) is 4.79 Å². The maximum atomic E-state index is 11.6. The van der Waals surface area contributed by atoms with Gasteiger partial charge in [0.2, 0.25) is 0 Å². The molecule has 100 valence electrons. The molecule has 3 heteroatoms. The number of aryl methyl sites for hydroxylation is 1. The lowest BCUT2D eigenvalue weighted by Crippen LogP contribution is -2.32. The summed E-state index contributed by atoms with van der Waals surface area (Å²) in [6, 6.07) is 8.39. The Morgan fingerprint density at radius 2 is 2.06 bits per heavy atom. The first-order valence-electron chi connectivity index (χ1n) is 6.30. The molecule has 1 N–H and O–H groups in total. The zero-order valence-electron chi connectivity index (χ0n) is 11.9. The van der Waals surface area contributed by atoms with Crippen molar-refractivity contribution in [1.29, 1.82) is 0 Å². The van der Waals surface area contributed by atoms with Crippen LogP contribution in [0.3, 0.4) is 0 Å². The van der Waals surface area contributed by atoms with Crippen LogP contribution in [0.5, 0.6) is 0 Å². The number of benzene rings is 1. The SMILES string of the molecule is Cc1cccc([C@H](C)NCC(=O)OC(C)(C)C)c1. The summed E-state index contributed by atoms with van der Waals surface area (Å²) in [5, 5.41) is 3.17. The van der Waals surface area contributed by atoms with Gasteiger partial charge in [-0.2, -0.15) is 0 Å². The molecule has 0 saturated carbocycles. The molecule has 0 spiro atoms. The second kappa shape index (κ2) is 6.01. The number of carbonyl (C=O) groups excluding carboxylic acids is 1. The molecule has 0 aliphatic rings. The second-order valence-electron chi connectivity index (χ2n) is 5.60. The maximum absolute atomic E-state index is 11.6. The molecule has 18 heavy (non-hydrogen) atoms. The van der Waals surface area contributed by atoms with Gasteiger partial charge in [-0.1, -0.05) is 29.8 Å². The number of carbonyl (C=O) groups is 1. The first kappa shape index (κ1) is 14.7. The Bertz CT molecular complexity index is 407. The first-order chi connectivity index (χ1) is 8.28. The van der Waals surface area contributed by atoms with Crippen LogP contribution < -0.4 is 5.32 Å². The first-order valence-corrected chi connectivity index (χ1v) is 6.30. The van der Waals surface area contributed by atoms with E-state index in [1.54, 1.807) is 0 Å². The molecule has 1 atom stereocenters. The third-order valence-corrected chi connectivity index (χ3v) is 2.51. The lowest BCUT2D eigenvalue weighted by molar-refractivity contribution is -0.153. The summed E-state index contributed by atoms with van der Waals surface area (Å²) in [6.45, 7) is 9.94. The summed E-state index contributed by atoms with van der Waals surface area (Å²) < 4.78 is 5.25. The average molecular weight is 249 g/mol. The van der Waals surface area contributed by atoms with E-state index in [2.05, 4.69) is 30.4 Å². The van der Waals surface area contributed by atoms with Gasteiger partial charge in [0.15, 0.2) is 0 Å². The minimum Gasteiger partial charge on any atom is -0.459 e. The molecule has 0 bridgehead atoms. The summed E-state index contributed by atoms with van der Waals surface area (Å²) in [5.74, 6) is -0.220. The molecular formula is C15H23NO2. The van der Waals surface area contributed by atoms with Gasteiger partial charge in [-0.25, -0.2) is 0 Å². The Hall–Kier alpha value is -1.35. The fraction of sp³-hybridized carbons (Fsp3) is 0.533.